The van der Waals surface area contributed by atoms with Crippen LogP contribution >= 0.6 is 0 Å². The Morgan fingerprint density at radius 1 is 0.895 bits per heavy atom. The predicted molar refractivity (Wildman–Crippen MR) is 123 cm³/mol. The van der Waals surface area contributed by atoms with Crippen LogP contribution in [0, 0.1) is 29.2 Å². The molecule has 0 unspecified atom stereocenters. The predicted octanol–water partition coefficient (Wildman–Crippen LogP) is 1.93. The van der Waals surface area contributed by atoms with Gasteiger partial charge in [0, 0.05) is 11.8 Å². The van der Waals surface area contributed by atoms with Gasteiger partial charge in [0.05, 0.1) is 6.42 Å². The van der Waals surface area contributed by atoms with Gasteiger partial charge in [0.25, 0.3) is 0 Å². The second kappa shape index (κ2) is 13.2. The maximum absolute atomic E-state index is 13.8. The molecule has 204 valence electrons. The molecule has 0 aromatic heterocycles. The molecule has 2 aromatic rings. The smallest absolute Gasteiger partial charge is 0.313 e. The Hall–Kier alpha value is -4.49. The van der Waals surface area contributed by atoms with Crippen LogP contribution in [0.1, 0.15) is 20.3 Å². The summed E-state index contributed by atoms with van der Waals surface area (Å²) >= 11 is 0. The van der Waals surface area contributed by atoms with Crippen molar-refractivity contribution in [2.45, 2.75) is 32.4 Å². The van der Waals surface area contributed by atoms with Crippen molar-refractivity contribution in [3.63, 3.8) is 0 Å². The molecule has 0 saturated heterocycles. The van der Waals surface area contributed by atoms with Gasteiger partial charge in [-0.2, -0.15) is 8.78 Å². The molecule has 0 bridgehead atoms. The van der Waals surface area contributed by atoms with Gasteiger partial charge in [-0.15, -0.1) is 0 Å². The van der Waals surface area contributed by atoms with E-state index in [4.69, 9.17) is 5.11 Å². The molecule has 2 rings (SSSR count). The Balaban J connectivity index is 2.12. The lowest BCUT2D eigenvalue weighted by atomic mass is 10.0. The fourth-order valence-corrected chi connectivity index (χ4v) is 3.05. The van der Waals surface area contributed by atoms with Crippen molar-refractivity contribution >= 4 is 35.2 Å². The van der Waals surface area contributed by atoms with Gasteiger partial charge >= 0.3 is 17.8 Å². The van der Waals surface area contributed by atoms with E-state index in [-0.39, 0.29) is 6.07 Å². The molecule has 2 aromatic carbocycles. The van der Waals surface area contributed by atoms with Gasteiger partial charge in [-0.1, -0.05) is 32.0 Å². The van der Waals surface area contributed by atoms with Gasteiger partial charge in [-0.25, -0.2) is 8.78 Å². The lowest BCUT2D eigenvalue weighted by Crippen LogP contribution is -2.56. The summed E-state index contributed by atoms with van der Waals surface area (Å²) in [6.45, 7) is 1.70. The first kappa shape index (κ1) is 29.7. The summed E-state index contributed by atoms with van der Waals surface area (Å²) in [5.74, 6) is -15.8. The van der Waals surface area contributed by atoms with Crippen LogP contribution in [-0.4, -0.2) is 53.3 Å². The number of aliphatic carboxylic acids is 1. The van der Waals surface area contributed by atoms with Crippen LogP contribution in [0.5, 0.6) is 5.75 Å². The molecule has 2 atom stereocenters. The Morgan fingerprint density at radius 3 is 2.00 bits per heavy atom. The monoisotopic (exact) mass is 541 g/mol. The Labute approximate surface area is 213 Å². The number of Topliss-reactive ketones (excluding diaryl/α,β-unsaturated/α-hetero) is 1. The minimum Gasteiger partial charge on any atom is -0.481 e. The maximum Gasteiger partial charge on any atom is 0.313 e. The van der Waals surface area contributed by atoms with E-state index in [1.54, 1.807) is 18.2 Å². The number of benzene rings is 2. The van der Waals surface area contributed by atoms with Crippen LogP contribution in [0.2, 0.25) is 0 Å². The van der Waals surface area contributed by atoms with Crippen LogP contribution in [-0.2, 0) is 24.0 Å². The molecule has 4 N–H and O–H groups in total. The highest BCUT2D eigenvalue weighted by Gasteiger charge is 2.32. The van der Waals surface area contributed by atoms with E-state index in [1.807, 2.05) is 0 Å². The van der Waals surface area contributed by atoms with Gasteiger partial charge in [-0.3, -0.25) is 24.0 Å². The number of carboxylic acids is 1. The van der Waals surface area contributed by atoms with E-state index < -0.39 is 89.5 Å². The standard InChI is InChI=1S/C24H23F4N3O7/c1-11(2)20(31-24(37)23(36)29-12-6-4-3-5-7-12)22(35)30-15(9-17(33)34)16(32)10-38-21-18(27)13(25)8-14(26)19(21)28/h3-8,11,15,20H,9-10H2,1-2H3,(H,29,36)(H,30,35)(H,31,37)(H,33,34)/t15-,20-/m0/s1. The molecule has 0 heterocycles. The number of anilines is 1. The van der Waals surface area contributed by atoms with Crippen molar-refractivity contribution in [3.8, 4) is 5.75 Å². The van der Waals surface area contributed by atoms with Gasteiger partial charge in [0.1, 0.15) is 18.7 Å². The maximum atomic E-state index is 13.8. The van der Waals surface area contributed by atoms with Crippen molar-refractivity contribution in [1.82, 2.24) is 10.6 Å². The van der Waals surface area contributed by atoms with E-state index in [0.717, 1.165) is 0 Å². The lowest BCUT2D eigenvalue weighted by Gasteiger charge is -2.24. The third-order valence-electron chi connectivity index (χ3n) is 4.99. The SMILES string of the molecule is CC(C)[C@H](NC(=O)C(=O)Nc1ccccc1)C(=O)N[C@@H](CC(=O)O)C(=O)COc1c(F)c(F)cc(F)c1F. The summed E-state index contributed by atoms with van der Waals surface area (Å²) < 4.78 is 58.8. The summed E-state index contributed by atoms with van der Waals surface area (Å²) in [6.07, 6.45) is -1.01. The highest BCUT2D eigenvalue weighted by atomic mass is 19.2. The van der Waals surface area contributed by atoms with Crippen LogP contribution in [0.25, 0.3) is 0 Å². The van der Waals surface area contributed by atoms with E-state index in [0.29, 0.717) is 5.69 Å². The molecule has 0 saturated carbocycles. The summed E-state index contributed by atoms with van der Waals surface area (Å²) in [7, 11) is 0. The molecule has 38 heavy (non-hydrogen) atoms. The van der Waals surface area contributed by atoms with Crippen molar-refractivity contribution in [3.05, 3.63) is 59.7 Å². The molecule has 3 amide bonds. The van der Waals surface area contributed by atoms with Gasteiger partial charge < -0.3 is 25.8 Å². The number of carboxylic acid groups (broad SMARTS) is 1. The van der Waals surface area contributed by atoms with Crippen molar-refractivity contribution < 1.29 is 51.4 Å². The molecule has 10 nitrogen and oxygen atoms in total. The molecular weight excluding hydrogens is 518 g/mol. The zero-order valence-corrected chi connectivity index (χ0v) is 20.0. The first-order valence-corrected chi connectivity index (χ1v) is 11.0. The Morgan fingerprint density at radius 2 is 1.47 bits per heavy atom. The number of rotatable bonds is 11. The molecular formula is C24H23F4N3O7. The van der Waals surface area contributed by atoms with Crippen molar-refractivity contribution in [2.75, 3.05) is 11.9 Å². The first-order valence-electron chi connectivity index (χ1n) is 11.0. The normalized spacial score (nSPS) is 12.3. The summed E-state index contributed by atoms with van der Waals surface area (Å²) in [5.41, 5.74) is 0.302. The number of ketones is 1. The fraction of sp³-hybridized carbons (Fsp3) is 0.292. The highest BCUT2D eigenvalue weighted by molar-refractivity contribution is 6.40. The van der Waals surface area contributed by atoms with Crippen molar-refractivity contribution in [2.24, 2.45) is 5.92 Å². The van der Waals surface area contributed by atoms with E-state index in [1.165, 1.54) is 26.0 Å². The topological polar surface area (TPSA) is 151 Å². The number of nitrogens with one attached hydrogen (secondary N) is 3. The Bertz CT molecular complexity index is 1200. The van der Waals surface area contributed by atoms with Crippen LogP contribution in [0.3, 0.4) is 0 Å². The average Bonchev–Trinajstić information content (AvgIpc) is 2.85. The number of halogens is 4. The largest absolute Gasteiger partial charge is 0.481 e. The second-order valence-electron chi connectivity index (χ2n) is 8.23. The fourth-order valence-electron chi connectivity index (χ4n) is 3.05. The molecule has 0 spiro atoms. The molecule has 0 aliphatic carbocycles. The minimum absolute atomic E-state index is 0.0761. The second-order valence-corrected chi connectivity index (χ2v) is 8.23. The summed E-state index contributed by atoms with van der Waals surface area (Å²) in [5, 5.41) is 15.7. The third kappa shape index (κ3) is 8.01. The first-order chi connectivity index (χ1) is 17.8. The summed E-state index contributed by atoms with van der Waals surface area (Å²) in [6, 6.07) is 4.59. The van der Waals surface area contributed by atoms with Gasteiger partial charge in [0.2, 0.25) is 17.5 Å². The number of ether oxygens (including phenoxy) is 1. The zero-order valence-electron chi connectivity index (χ0n) is 20.0. The van der Waals surface area contributed by atoms with Crippen LogP contribution in [0.4, 0.5) is 23.2 Å². The molecule has 0 fully saturated rings. The molecule has 14 heteroatoms. The summed E-state index contributed by atoms with van der Waals surface area (Å²) in [4.78, 5) is 61.1. The number of para-hydroxylation sites is 1. The molecule has 0 aliphatic rings. The lowest BCUT2D eigenvalue weighted by molar-refractivity contribution is -0.141. The minimum atomic E-state index is -1.92. The van der Waals surface area contributed by atoms with E-state index in [2.05, 4.69) is 20.7 Å². The molecule has 0 radical (unpaired) electrons. The van der Waals surface area contributed by atoms with Crippen LogP contribution in [0.15, 0.2) is 36.4 Å². The quantitative estimate of drug-likeness (QED) is 0.193. The van der Waals surface area contributed by atoms with E-state index >= 15 is 0 Å². The van der Waals surface area contributed by atoms with E-state index in [9.17, 15) is 41.5 Å². The third-order valence-corrected chi connectivity index (χ3v) is 4.99. The number of amides is 3. The van der Waals surface area contributed by atoms with Crippen LogP contribution < -0.4 is 20.7 Å². The number of hydrogen-bond acceptors (Lipinski definition) is 6. The number of hydrogen-bond donors (Lipinski definition) is 4. The zero-order chi connectivity index (χ0) is 28.6. The average molecular weight is 541 g/mol. The van der Waals surface area contributed by atoms with Gasteiger partial charge in [-0.05, 0) is 18.1 Å². The Kier molecular flexibility index (Phi) is 10.3. The molecule has 0 aliphatic heterocycles. The number of carbonyl (C=O) groups excluding carboxylic acids is 4. The van der Waals surface area contributed by atoms with Gasteiger partial charge in [0.15, 0.2) is 23.2 Å². The number of carbonyl (C=O) groups is 5. The highest BCUT2D eigenvalue weighted by Crippen LogP contribution is 2.26. The van der Waals surface area contributed by atoms with Crippen molar-refractivity contribution in [1.29, 1.82) is 0 Å².